The zero-order valence-electron chi connectivity index (χ0n) is 12.9. The van der Waals surface area contributed by atoms with E-state index in [1.54, 1.807) is 30.8 Å². The van der Waals surface area contributed by atoms with Gasteiger partial charge in [-0.15, -0.1) is 0 Å². The maximum Gasteiger partial charge on any atom is 0.309 e. The SMILES string of the molecule is CC(C)(CCNC(=O)c1ccn(-c2cccc(Br)c2)n1)C(=O)O. The Bertz CT molecular complexity index is 725. The van der Waals surface area contributed by atoms with Gasteiger partial charge in [0.2, 0.25) is 0 Å². The van der Waals surface area contributed by atoms with E-state index < -0.39 is 11.4 Å². The Morgan fingerprint density at radius 3 is 2.74 bits per heavy atom. The summed E-state index contributed by atoms with van der Waals surface area (Å²) in [4.78, 5) is 23.1. The highest BCUT2D eigenvalue weighted by Gasteiger charge is 2.26. The summed E-state index contributed by atoms with van der Waals surface area (Å²) in [5, 5.41) is 16.0. The van der Waals surface area contributed by atoms with Gasteiger partial charge in [0.15, 0.2) is 5.69 Å². The Kier molecular flexibility index (Phi) is 5.20. The molecule has 0 aliphatic heterocycles. The van der Waals surface area contributed by atoms with Crippen molar-refractivity contribution >= 4 is 27.8 Å². The molecular weight excluding hydrogens is 362 g/mol. The van der Waals surface area contributed by atoms with E-state index in [0.29, 0.717) is 6.42 Å². The lowest BCUT2D eigenvalue weighted by atomic mass is 9.90. The highest BCUT2D eigenvalue weighted by atomic mass is 79.9. The fraction of sp³-hybridized carbons (Fsp3) is 0.312. The number of hydrogen-bond donors (Lipinski definition) is 2. The molecule has 0 atom stereocenters. The molecule has 0 aliphatic carbocycles. The van der Waals surface area contributed by atoms with Crippen molar-refractivity contribution in [3.63, 3.8) is 0 Å². The predicted octanol–water partition coefficient (Wildman–Crippen LogP) is 2.87. The third kappa shape index (κ3) is 4.41. The molecule has 23 heavy (non-hydrogen) atoms. The van der Waals surface area contributed by atoms with Crippen molar-refractivity contribution in [3.05, 3.63) is 46.7 Å². The molecule has 1 heterocycles. The topological polar surface area (TPSA) is 84.2 Å². The van der Waals surface area contributed by atoms with Crippen LogP contribution in [0.15, 0.2) is 41.0 Å². The van der Waals surface area contributed by atoms with E-state index in [9.17, 15) is 9.59 Å². The Hall–Kier alpha value is -2.15. The Morgan fingerprint density at radius 2 is 2.09 bits per heavy atom. The summed E-state index contributed by atoms with van der Waals surface area (Å²) in [6, 6.07) is 9.19. The molecule has 2 aromatic rings. The molecule has 6 nitrogen and oxygen atoms in total. The van der Waals surface area contributed by atoms with Crippen LogP contribution in [0.4, 0.5) is 0 Å². The van der Waals surface area contributed by atoms with E-state index in [2.05, 4.69) is 26.3 Å². The number of nitrogens with zero attached hydrogens (tertiary/aromatic N) is 2. The van der Waals surface area contributed by atoms with E-state index in [1.165, 1.54) is 0 Å². The second-order valence-electron chi connectivity index (χ2n) is 5.82. The molecule has 2 rings (SSSR count). The van der Waals surface area contributed by atoms with Crippen LogP contribution in [-0.2, 0) is 4.79 Å². The number of aliphatic carboxylic acids is 1. The highest BCUT2D eigenvalue weighted by Crippen LogP contribution is 2.19. The average Bonchev–Trinajstić information content (AvgIpc) is 2.96. The summed E-state index contributed by atoms with van der Waals surface area (Å²) in [6.45, 7) is 3.54. The maximum absolute atomic E-state index is 12.1. The van der Waals surface area contributed by atoms with Crippen LogP contribution in [0.1, 0.15) is 30.8 Å². The summed E-state index contributed by atoms with van der Waals surface area (Å²) < 4.78 is 2.54. The van der Waals surface area contributed by atoms with Gasteiger partial charge in [-0.05, 0) is 44.5 Å². The van der Waals surface area contributed by atoms with Gasteiger partial charge in [0.05, 0.1) is 11.1 Å². The number of aromatic nitrogens is 2. The quantitative estimate of drug-likeness (QED) is 0.807. The lowest BCUT2D eigenvalue weighted by Gasteiger charge is -2.18. The van der Waals surface area contributed by atoms with Gasteiger partial charge in [0.25, 0.3) is 5.91 Å². The van der Waals surface area contributed by atoms with Crippen LogP contribution >= 0.6 is 15.9 Å². The number of amides is 1. The van der Waals surface area contributed by atoms with Gasteiger partial charge in [-0.3, -0.25) is 9.59 Å². The number of benzene rings is 1. The van der Waals surface area contributed by atoms with Crippen molar-refractivity contribution in [2.45, 2.75) is 20.3 Å². The molecule has 0 spiro atoms. The number of rotatable bonds is 6. The van der Waals surface area contributed by atoms with Crippen LogP contribution in [-0.4, -0.2) is 33.3 Å². The first kappa shape index (κ1) is 17.2. The molecule has 0 fully saturated rings. The number of halogens is 1. The zero-order chi connectivity index (χ0) is 17.0. The zero-order valence-corrected chi connectivity index (χ0v) is 14.5. The van der Waals surface area contributed by atoms with Crippen molar-refractivity contribution in [3.8, 4) is 5.69 Å². The fourth-order valence-electron chi connectivity index (χ4n) is 1.89. The minimum Gasteiger partial charge on any atom is -0.481 e. The van der Waals surface area contributed by atoms with E-state index in [1.807, 2.05) is 24.3 Å². The van der Waals surface area contributed by atoms with Crippen LogP contribution in [0.2, 0.25) is 0 Å². The molecule has 0 radical (unpaired) electrons. The summed E-state index contributed by atoms with van der Waals surface area (Å²) in [5.74, 6) is -1.20. The molecule has 2 N–H and O–H groups in total. The molecule has 122 valence electrons. The normalized spacial score (nSPS) is 11.3. The lowest BCUT2D eigenvalue weighted by Crippen LogP contribution is -2.32. The van der Waals surface area contributed by atoms with Gasteiger partial charge in [-0.25, -0.2) is 4.68 Å². The maximum atomic E-state index is 12.1. The lowest BCUT2D eigenvalue weighted by molar-refractivity contribution is -0.147. The number of nitrogens with one attached hydrogen (secondary N) is 1. The molecular formula is C16H18BrN3O3. The Morgan fingerprint density at radius 1 is 1.35 bits per heavy atom. The molecule has 7 heteroatoms. The second kappa shape index (κ2) is 6.95. The summed E-state index contributed by atoms with van der Waals surface area (Å²) in [5.41, 5.74) is 0.256. The Labute approximate surface area is 142 Å². The van der Waals surface area contributed by atoms with Gasteiger partial charge < -0.3 is 10.4 Å². The van der Waals surface area contributed by atoms with Crippen molar-refractivity contribution < 1.29 is 14.7 Å². The van der Waals surface area contributed by atoms with Crippen molar-refractivity contribution in [2.24, 2.45) is 5.41 Å². The largest absolute Gasteiger partial charge is 0.481 e. The van der Waals surface area contributed by atoms with Gasteiger partial charge in [0.1, 0.15) is 0 Å². The van der Waals surface area contributed by atoms with E-state index in [4.69, 9.17) is 5.11 Å². The number of carboxylic acid groups (broad SMARTS) is 1. The average molecular weight is 380 g/mol. The van der Waals surface area contributed by atoms with Crippen LogP contribution in [0, 0.1) is 5.41 Å². The first-order valence-corrected chi connectivity index (χ1v) is 7.92. The molecule has 0 bridgehead atoms. The van der Waals surface area contributed by atoms with Crippen molar-refractivity contribution in [1.29, 1.82) is 0 Å². The van der Waals surface area contributed by atoms with E-state index in [0.717, 1.165) is 10.2 Å². The second-order valence-corrected chi connectivity index (χ2v) is 6.74. The van der Waals surface area contributed by atoms with Gasteiger partial charge >= 0.3 is 5.97 Å². The van der Waals surface area contributed by atoms with Crippen LogP contribution < -0.4 is 5.32 Å². The number of carbonyl (C=O) groups is 2. The smallest absolute Gasteiger partial charge is 0.309 e. The highest BCUT2D eigenvalue weighted by molar-refractivity contribution is 9.10. The summed E-state index contributed by atoms with van der Waals surface area (Å²) >= 11 is 3.39. The predicted molar refractivity (Wildman–Crippen MR) is 89.6 cm³/mol. The minimum absolute atomic E-state index is 0.280. The third-order valence-corrected chi connectivity index (χ3v) is 4.00. The monoisotopic (exact) mass is 379 g/mol. The first-order valence-electron chi connectivity index (χ1n) is 7.13. The van der Waals surface area contributed by atoms with Crippen LogP contribution in [0.25, 0.3) is 5.69 Å². The van der Waals surface area contributed by atoms with Gasteiger partial charge in [0, 0.05) is 17.2 Å². The number of carbonyl (C=O) groups excluding carboxylic acids is 1. The molecule has 0 unspecified atom stereocenters. The van der Waals surface area contributed by atoms with Crippen molar-refractivity contribution in [1.82, 2.24) is 15.1 Å². The van der Waals surface area contributed by atoms with Gasteiger partial charge in [-0.2, -0.15) is 5.10 Å². The number of hydrogen-bond acceptors (Lipinski definition) is 3. The standard InChI is InChI=1S/C16H18BrN3O3/c1-16(2,15(22)23)7-8-18-14(21)13-6-9-20(19-13)12-5-3-4-11(17)10-12/h3-6,9-10H,7-8H2,1-2H3,(H,18,21)(H,22,23). The summed E-state index contributed by atoms with van der Waals surface area (Å²) in [7, 11) is 0. The molecule has 1 aromatic carbocycles. The first-order chi connectivity index (χ1) is 10.8. The molecule has 0 aliphatic rings. The third-order valence-electron chi connectivity index (χ3n) is 3.51. The fourth-order valence-corrected chi connectivity index (χ4v) is 2.28. The molecule has 0 saturated carbocycles. The molecule has 1 amide bonds. The molecule has 0 saturated heterocycles. The summed E-state index contributed by atoms with van der Waals surface area (Å²) in [6.07, 6.45) is 2.05. The van der Waals surface area contributed by atoms with Crippen molar-refractivity contribution in [2.75, 3.05) is 6.54 Å². The minimum atomic E-state index is -0.884. The molecule has 1 aromatic heterocycles. The Balaban J connectivity index is 1.98. The van der Waals surface area contributed by atoms with E-state index >= 15 is 0 Å². The van der Waals surface area contributed by atoms with Crippen LogP contribution in [0.5, 0.6) is 0 Å². The van der Waals surface area contributed by atoms with Gasteiger partial charge in [-0.1, -0.05) is 22.0 Å². The number of carboxylic acids is 1. The van der Waals surface area contributed by atoms with Crippen LogP contribution in [0.3, 0.4) is 0 Å². The van der Waals surface area contributed by atoms with E-state index in [-0.39, 0.29) is 18.1 Å².